The highest BCUT2D eigenvalue weighted by molar-refractivity contribution is 7.98. The van der Waals surface area contributed by atoms with Crippen molar-refractivity contribution in [1.29, 1.82) is 0 Å². The van der Waals surface area contributed by atoms with E-state index in [1.54, 1.807) is 23.9 Å². The van der Waals surface area contributed by atoms with Crippen LogP contribution in [0.1, 0.15) is 44.2 Å². The Morgan fingerprint density at radius 2 is 1.96 bits per heavy atom. The van der Waals surface area contributed by atoms with Gasteiger partial charge in [0.1, 0.15) is 5.82 Å². The predicted molar refractivity (Wildman–Crippen MR) is 94.9 cm³/mol. The number of benzene rings is 1. The number of anilines is 1. The van der Waals surface area contributed by atoms with Crippen molar-refractivity contribution in [1.82, 2.24) is 14.8 Å². The molecule has 0 atom stereocenters. The number of rotatable bonds is 5. The van der Waals surface area contributed by atoms with E-state index in [1.807, 2.05) is 6.07 Å². The Balaban J connectivity index is 1.51. The smallest absolute Gasteiger partial charge is 0.228 e. The maximum absolute atomic E-state index is 13.3. The van der Waals surface area contributed by atoms with E-state index in [0.717, 1.165) is 41.4 Å². The standard InChI is InChI=1S/C18H23FN4S/c1-13-7-9-22(10-8-13)17-20-21-18(23(17)16-5-6-16)24-12-14-3-2-4-15(19)11-14/h2-4,11,13,16H,5-10,12H2,1H3. The summed E-state index contributed by atoms with van der Waals surface area (Å²) >= 11 is 1.66. The highest BCUT2D eigenvalue weighted by Crippen LogP contribution is 2.41. The number of halogens is 1. The minimum absolute atomic E-state index is 0.181. The van der Waals surface area contributed by atoms with E-state index < -0.39 is 0 Å². The van der Waals surface area contributed by atoms with Crippen LogP contribution in [-0.2, 0) is 5.75 Å². The topological polar surface area (TPSA) is 34.0 Å². The van der Waals surface area contributed by atoms with Crippen LogP contribution in [0.5, 0.6) is 0 Å². The van der Waals surface area contributed by atoms with E-state index in [4.69, 9.17) is 0 Å². The van der Waals surface area contributed by atoms with Crippen molar-refractivity contribution in [2.75, 3.05) is 18.0 Å². The first-order valence-corrected chi connectivity index (χ1v) is 9.76. The normalized spacial score (nSPS) is 19.0. The fourth-order valence-corrected chi connectivity index (χ4v) is 4.16. The summed E-state index contributed by atoms with van der Waals surface area (Å²) in [5.74, 6) is 2.38. The van der Waals surface area contributed by atoms with Crippen LogP contribution < -0.4 is 4.90 Å². The summed E-state index contributed by atoms with van der Waals surface area (Å²) in [4.78, 5) is 2.39. The van der Waals surface area contributed by atoms with Crippen molar-refractivity contribution in [3.8, 4) is 0 Å². The molecule has 1 aromatic heterocycles. The number of piperidine rings is 1. The number of hydrogen-bond acceptors (Lipinski definition) is 4. The molecule has 0 N–H and O–H groups in total. The van der Waals surface area contributed by atoms with E-state index in [9.17, 15) is 4.39 Å². The lowest BCUT2D eigenvalue weighted by atomic mass is 10.00. The van der Waals surface area contributed by atoms with Crippen LogP contribution in [0.25, 0.3) is 0 Å². The van der Waals surface area contributed by atoms with Gasteiger partial charge in [-0.15, -0.1) is 10.2 Å². The molecule has 0 radical (unpaired) electrons. The first kappa shape index (κ1) is 15.9. The SMILES string of the molecule is CC1CCN(c2nnc(SCc3cccc(F)c3)n2C2CC2)CC1. The number of nitrogens with zero attached hydrogens (tertiary/aromatic N) is 4. The summed E-state index contributed by atoms with van der Waals surface area (Å²) in [5, 5.41) is 9.92. The molecule has 0 amide bonds. The number of hydrogen-bond donors (Lipinski definition) is 0. The second kappa shape index (κ2) is 6.75. The Hall–Kier alpha value is -1.56. The van der Waals surface area contributed by atoms with Gasteiger partial charge in [0.05, 0.1) is 0 Å². The number of aromatic nitrogens is 3. The molecule has 24 heavy (non-hydrogen) atoms. The third kappa shape index (κ3) is 3.43. The first-order valence-electron chi connectivity index (χ1n) is 8.78. The van der Waals surface area contributed by atoms with E-state index in [0.29, 0.717) is 6.04 Å². The Morgan fingerprint density at radius 3 is 2.67 bits per heavy atom. The van der Waals surface area contributed by atoms with E-state index in [1.165, 1.54) is 31.7 Å². The van der Waals surface area contributed by atoms with Crippen LogP contribution in [0.4, 0.5) is 10.3 Å². The molecule has 2 fully saturated rings. The Morgan fingerprint density at radius 1 is 1.17 bits per heavy atom. The molecule has 1 aliphatic carbocycles. The molecule has 1 aliphatic heterocycles. The molecule has 1 saturated carbocycles. The minimum atomic E-state index is -0.181. The van der Waals surface area contributed by atoms with Gasteiger partial charge in [-0.25, -0.2) is 4.39 Å². The lowest BCUT2D eigenvalue weighted by Crippen LogP contribution is -2.34. The average molecular weight is 346 g/mol. The van der Waals surface area contributed by atoms with Crippen molar-refractivity contribution in [3.63, 3.8) is 0 Å². The Bertz CT molecular complexity index is 705. The quantitative estimate of drug-likeness (QED) is 0.757. The highest BCUT2D eigenvalue weighted by atomic mass is 32.2. The van der Waals surface area contributed by atoms with E-state index in [-0.39, 0.29) is 5.82 Å². The second-order valence-corrected chi connectivity index (χ2v) is 7.91. The van der Waals surface area contributed by atoms with Gasteiger partial charge in [-0.2, -0.15) is 0 Å². The van der Waals surface area contributed by atoms with Crippen molar-refractivity contribution in [2.24, 2.45) is 5.92 Å². The molecule has 1 saturated heterocycles. The summed E-state index contributed by atoms with van der Waals surface area (Å²) in [6, 6.07) is 7.34. The summed E-state index contributed by atoms with van der Waals surface area (Å²) in [7, 11) is 0. The third-order valence-electron chi connectivity index (χ3n) is 4.88. The molecule has 128 valence electrons. The molecule has 4 rings (SSSR count). The summed E-state index contributed by atoms with van der Waals surface area (Å²) in [6.07, 6.45) is 4.87. The van der Waals surface area contributed by atoms with Gasteiger partial charge in [0.15, 0.2) is 5.16 Å². The summed E-state index contributed by atoms with van der Waals surface area (Å²) < 4.78 is 15.7. The van der Waals surface area contributed by atoms with Gasteiger partial charge in [0.2, 0.25) is 5.95 Å². The van der Waals surface area contributed by atoms with Crippen molar-refractivity contribution in [2.45, 2.75) is 49.6 Å². The minimum Gasteiger partial charge on any atom is -0.341 e. The Kier molecular flexibility index (Phi) is 4.48. The molecule has 2 aliphatic rings. The van der Waals surface area contributed by atoms with Gasteiger partial charge in [0.25, 0.3) is 0 Å². The zero-order valence-corrected chi connectivity index (χ0v) is 14.8. The average Bonchev–Trinajstić information content (AvgIpc) is 3.33. The molecule has 2 heterocycles. The largest absolute Gasteiger partial charge is 0.341 e. The lowest BCUT2D eigenvalue weighted by molar-refractivity contribution is 0.429. The lowest BCUT2D eigenvalue weighted by Gasteiger charge is -2.31. The third-order valence-corrected chi connectivity index (χ3v) is 5.90. The molecule has 0 bridgehead atoms. The molecule has 4 nitrogen and oxygen atoms in total. The second-order valence-electron chi connectivity index (χ2n) is 6.97. The molecule has 0 unspecified atom stereocenters. The van der Waals surface area contributed by atoms with Crippen LogP contribution >= 0.6 is 11.8 Å². The fourth-order valence-electron chi connectivity index (χ4n) is 3.22. The maximum Gasteiger partial charge on any atom is 0.228 e. The molecule has 0 spiro atoms. The van der Waals surface area contributed by atoms with Gasteiger partial charge < -0.3 is 4.90 Å². The molecular formula is C18H23FN4S. The fraction of sp³-hybridized carbons (Fsp3) is 0.556. The predicted octanol–water partition coefficient (Wildman–Crippen LogP) is 4.28. The van der Waals surface area contributed by atoms with Crippen LogP contribution in [-0.4, -0.2) is 27.9 Å². The van der Waals surface area contributed by atoms with Crippen LogP contribution in [0.15, 0.2) is 29.4 Å². The molecule has 2 aromatic rings. The highest BCUT2D eigenvalue weighted by Gasteiger charge is 2.32. The monoisotopic (exact) mass is 346 g/mol. The van der Waals surface area contributed by atoms with E-state index >= 15 is 0 Å². The van der Waals surface area contributed by atoms with Gasteiger partial charge >= 0.3 is 0 Å². The summed E-state index contributed by atoms with van der Waals surface area (Å²) in [5.41, 5.74) is 0.985. The van der Waals surface area contributed by atoms with Gasteiger partial charge in [-0.1, -0.05) is 30.8 Å². The zero-order chi connectivity index (χ0) is 16.5. The van der Waals surface area contributed by atoms with E-state index in [2.05, 4.69) is 26.6 Å². The van der Waals surface area contributed by atoms with Gasteiger partial charge in [-0.05, 0) is 49.3 Å². The Labute approximate surface area is 146 Å². The summed E-state index contributed by atoms with van der Waals surface area (Å²) in [6.45, 7) is 4.46. The first-order chi connectivity index (χ1) is 11.7. The van der Waals surface area contributed by atoms with Gasteiger partial charge in [-0.3, -0.25) is 4.57 Å². The maximum atomic E-state index is 13.3. The van der Waals surface area contributed by atoms with Crippen molar-refractivity contribution < 1.29 is 4.39 Å². The number of thioether (sulfide) groups is 1. The van der Waals surface area contributed by atoms with Gasteiger partial charge in [0, 0.05) is 24.9 Å². The molecular weight excluding hydrogens is 323 g/mol. The van der Waals surface area contributed by atoms with Crippen molar-refractivity contribution >= 4 is 17.7 Å². The van der Waals surface area contributed by atoms with Crippen LogP contribution in [0.2, 0.25) is 0 Å². The molecule has 6 heteroatoms. The van der Waals surface area contributed by atoms with Crippen molar-refractivity contribution in [3.05, 3.63) is 35.6 Å². The van der Waals surface area contributed by atoms with Crippen LogP contribution in [0, 0.1) is 11.7 Å². The van der Waals surface area contributed by atoms with Crippen LogP contribution in [0.3, 0.4) is 0 Å². The molecule has 1 aromatic carbocycles. The zero-order valence-electron chi connectivity index (χ0n) is 14.0.